The molecule has 1 aromatic heterocycles. The second kappa shape index (κ2) is 5.43. The van der Waals surface area contributed by atoms with E-state index in [1.807, 2.05) is 18.5 Å². The van der Waals surface area contributed by atoms with Gasteiger partial charge >= 0.3 is 5.97 Å². The molecule has 0 bridgehead atoms. The molecule has 0 aromatic carbocycles. The Bertz CT molecular complexity index is 636. The lowest BCUT2D eigenvalue weighted by Gasteiger charge is -2.52. The molecule has 1 aromatic rings. The molecular weight excluding hydrogens is 326 g/mol. The molecule has 3 heterocycles. The summed E-state index contributed by atoms with van der Waals surface area (Å²) in [7, 11) is 1.84. The molecule has 2 aliphatic rings. The molecule has 0 saturated carbocycles. The Morgan fingerprint density at radius 1 is 1.59 bits per heavy atom. The number of carboxylic acids is 1. The van der Waals surface area contributed by atoms with Crippen molar-refractivity contribution in [2.24, 2.45) is 18.2 Å². The molecule has 0 spiro atoms. The molecule has 120 valence electrons. The third-order valence-electron chi connectivity index (χ3n) is 4.17. The summed E-state index contributed by atoms with van der Waals surface area (Å²) in [6, 6.07) is -0.495. The number of carboxylic acid groups (broad SMARTS) is 1. The number of rotatable bonds is 4. The van der Waals surface area contributed by atoms with Crippen LogP contribution in [0.1, 0.15) is 5.82 Å². The van der Waals surface area contributed by atoms with E-state index in [0.29, 0.717) is 16.7 Å². The van der Waals surface area contributed by atoms with Crippen molar-refractivity contribution in [1.82, 2.24) is 19.7 Å². The highest BCUT2D eigenvalue weighted by Crippen LogP contribution is 2.43. The number of hydrogen-bond acceptors (Lipinski definition) is 7. The largest absolute Gasteiger partial charge is 0.481 e. The maximum Gasteiger partial charge on any atom is 0.313 e. The molecule has 3 atom stereocenters. The molecule has 0 aliphatic carbocycles. The molecule has 2 fully saturated rings. The molecule has 2 unspecified atom stereocenters. The topological polar surface area (TPSA) is 114 Å². The Hall–Kier alpha value is -1.26. The highest BCUT2D eigenvalue weighted by Gasteiger charge is 2.55. The predicted octanol–water partition coefficient (Wildman–Crippen LogP) is -0.471. The summed E-state index contributed by atoms with van der Waals surface area (Å²) >= 11 is 2.80. The number of thioether (sulfide) groups is 2. The number of β-lactam (4-membered cyclic amide) rings is 1. The number of hydrogen-bond donors (Lipinski definition) is 2. The SMILES string of the molecule is Cc1nnc(SCC2(C(=O)O)CS[C@@H]3C(N)C(=O)N3C2)n1C. The molecular formula is C12H17N5O3S2. The molecule has 2 aliphatic heterocycles. The monoisotopic (exact) mass is 343 g/mol. The first-order valence-corrected chi connectivity index (χ1v) is 8.79. The Balaban J connectivity index is 1.74. The van der Waals surface area contributed by atoms with Crippen molar-refractivity contribution in [3.8, 4) is 0 Å². The second-order valence-electron chi connectivity index (χ2n) is 5.66. The Labute approximate surface area is 135 Å². The smallest absolute Gasteiger partial charge is 0.313 e. The van der Waals surface area contributed by atoms with Gasteiger partial charge in [-0.3, -0.25) is 9.59 Å². The minimum absolute atomic E-state index is 0.0814. The summed E-state index contributed by atoms with van der Waals surface area (Å²) in [4.78, 5) is 25.2. The van der Waals surface area contributed by atoms with Crippen molar-refractivity contribution in [2.45, 2.75) is 23.5 Å². The fraction of sp³-hybridized carbons (Fsp3) is 0.667. The minimum Gasteiger partial charge on any atom is -0.481 e. The highest BCUT2D eigenvalue weighted by molar-refractivity contribution is 8.00. The first-order valence-electron chi connectivity index (χ1n) is 6.75. The summed E-state index contributed by atoms with van der Waals surface area (Å²) in [6.07, 6.45) is 0. The Morgan fingerprint density at radius 2 is 2.32 bits per heavy atom. The van der Waals surface area contributed by atoms with E-state index in [4.69, 9.17) is 5.73 Å². The Morgan fingerprint density at radius 3 is 2.91 bits per heavy atom. The molecule has 0 radical (unpaired) electrons. The van der Waals surface area contributed by atoms with Crippen molar-refractivity contribution in [3.63, 3.8) is 0 Å². The van der Waals surface area contributed by atoms with Crippen LogP contribution in [0.25, 0.3) is 0 Å². The molecule has 2 saturated heterocycles. The van der Waals surface area contributed by atoms with Gasteiger partial charge in [0.25, 0.3) is 0 Å². The summed E-state index contributed by atoms with van der Waals surface area (Å²) in [5, 5.41) is 18.3. The van der Waals surface area contributed by atoms with Gasteiger partial charge in [0.2, 0.25) is 5.91 Å². The van der Waals surface area contributed by atoms with Crippen molar-refractivity contribution >= 4 is 35.4 Å². The molecule has 8 nitrogen and oxygen atoms in total. The van der Waals surface area contributed by atoms with Crippen LogP contribution in [-0.2, 0) is 16.6 Å². The van der Waals surface area contributed by atoms with Crippen LogP contribution in [0.4, 0.5) is 0 Å². The maximum absolute atomic E-state index is 11.8. The van der Waals surface area contributed by atoms with Gasteiger partial charge in [-0.2, -0.15) is 0 Å². The van der Waals surface area contributed by atoms with E-state index in [0.717, 1.165) is 5.82 Å². The van der Waals surface area contributed by atoms with Crippen molar-refractivity contribution in [2.75, 3.05) is 18.1 Å². The maximum atomic E-state index is 11.8. The van der Waals surface area contributed by atoms with Gasteiger partial charge in [-0.05, 0) is 6.92 Å². The van der Waals surface area contributed by atoms with Crippen LogP contribution in [0.5, 0.6) is 0 Å². The van der Waals surface area contributed by atoms with Crippen molar-refractivity contribution in [1.29, 1.82) is 0 Å². The molecule has 22 heavy (non-hydrogen) atoms. The summed E-state index contributed by atoms with van der Waals surface area (Å²) in [5.74, 6) is 0.496. The van der Waals surface area contributed by atoms with Crippen LogP contribution in [0.2, 0.25) is 0 Å². The fourth-order valence-electron chi connectivity index (χ4n) is 2.52. The first kappa shape index (κ1) is 15.6. The van der Waals surface area contributed by atoms with Gasteiger partial charge in [-0.25, -0.2) is 0 Å². The van der Waals surface area contributed by atoms with E-state index in [1.54, 1.807) is 4.90 Å². The third kappa shape index (κ3) is 2.29. The number of nitrogens with zero attached hydrogens (tertiary/aromatic N) is 4. The average Bonchev–Trinajstić information content (AvgIpc) is 2.83. The Kier molecular flexibility index (Phi) is 3.86. The fourth-order valence-corrected chi connectivity index (χ4v) is 5.29. The standard InChI is InChI=1S/C12H17N5O3S2/c1-6-14-15-11(16(6)2)22-5-12(10(19)20)3-17-8(18)7(13)9(17)21-4-12/h7,9H,3-5,13H2,1-2H3,(H,19,20)/t7?,9-,12?/m1/s1. The van der Waals surface area contributed by atoms with Gasteiger partial charge in [0.1, 0.15) is 22.7 Å². The zero-order valence-corrected chi connectivity index (χ0v) is 13.9. The molecule has 3 rings (SSSR count). The van der Waals surface area contributed by atoms with E-state index in [-0.39, 0.29) is 17.8 Å². The van der Waals surface area contributed by atoms with Gasteiger partial charge in [0.05, 0.1) is 0 Å². The van der Waals surface area contributed by atoms with E-state index < -0.39 is 17.4 Å². The van der Waals surface area contributed by atoms with Gasteiger partial charge < -0.3 is 20.3 Å². The number of aryl methyl sites for hydroxylation is 1. The van der Waals surface area contributed by atoms with Gasteiger partial charge in [-0.15, -0.1) is 22.0 Å². The predicted molar refractivity (Wildman–Crippen MR) is 82.5 cm³/mol. The molecule has 3 N–H and O–H groups in total. The third-order valence-corrected chi connectivity index (χ3v) is 7.09. The van der Waals surface area contributed by atoms with Crippen LogP contribution < -0.4 is 5.73 Å². The zero-order valence-electron chi connectivity index (χ0n) is 12.2. The first-order chi connectivity index (χ1) is 10.4. The number of aromatic nitrogens is 3. The summed E-state index contributed by atoms with van der Waals surface area (Å²) in [5.41, 5.74) is 4.76. The van der Waals surface area contributed by atoms with Gasteiger partial charge in [0, 0.05) is 25.1 Å². The number of carbonyl (C=O) groups is 2. The zero-order chi connectivity index (χ0) is 16.1. The number of nitrogens with two attached hydrogens (primary N) is 1. The van der Waals surface area contributed by atoms with Crippen LogP contribution in [0.15, 0.2) is 5.16 Å². The summed E-state index contributed by atoms with van der Waals surface area (Å²) < 4.78 is 1.82. The van der Waals surface area contributed by atoms with Crippen LogP contribution in [0.3, 0.4) is 0 Å². The quantitative estimate of drug-likeness (QED) is 0.557. The lowest BCUT2D eigenvalue weighted by Crippen LogP contribution is -2.72. The van der Waals surface area contributed by atoms with E-state index in [9.17, 15) is 14.7 Å². The van der Waals surface area contributed by atoms with E-state index in [1.165, 1.54) is 23.5 Å². The van der Waals surface area contributed by atoms with Crippen molar-refractivity contribution < 1.29 is 14.7 Å². The highest BCUT2D eigenvalue weighted by atomic mass is 32.2. The number of aliphatic carboxylic acids is 1. The van der Waals surface area contributed by atoms with Crippen molar-refractivity contribution in [3.05, 3.63) is 5.82 Å². The number of fused-ring (bicyclic) bond motifs is 1. The summed E-state index contributed by atoms with van der Waals surface area (Å²) in [6.45, 7) is 2.04. The molecule has 10 heteroatoms. The number of amides is 1. The van der Waals surface area contributed by atoms with Crippen LogP contribution in [0, 0.1) is 12.3 Å². The average molecular weight is 343 g/mol. The second-order valence-corrected chi connectivity index (χ2v) is 7.70. The minimum atomic E-state index is -0.985. The van der Waals surface area contributed by atoms with E-state index in [2.05, 4.69) is 10.2 Å². The van der Waals surface area contributed by atoms with Crippen LogP contribution in [-0.4, -0.2) is 66.1 Å². The lowest BCUT2D eigenvalue weighted by atomic mass is 9.89. The molecule has 1 amide bonds. The lowest BCUT2D eigenvalue weighted by molar-refractivity contribution is -0.155. The number of carbonyl (C=O) groups excluding carboxylic acids is 1. The van der Waals surface area contributed by atoms with E-state index >= 15 is 0 Å². The van der Waals surface area contributed by atoms with Crippen LogP contribution >= 0.6 is 23.5 Å². The van der Waals surface area contributed by atoms with Gasteiger partial charge in [0.15, 0.2) is 5.16 Å². The normalized spacial score (nSPS) is 30.9. The van der Waals surface area contributed by atoms with Gasteiger partial charge in [-0.1, -0.05) is 11.8 Å².